The molecule has 0 radical (unpaired) electrons. The molecule has 1 aromatic carbocycles. The summed E-state index contributed by atoms with van der Waals surface area (Å²) in [7, 11) is 0. The molecule has 2 heterocycles. The van der Waals surface area contributed by atoms with E-state index in [4.69, 9.17) is 9.52 Å². The van der Waals surface area contributed by atoms with Gasteiger partial charge in [-0.2, -0.15) is 5.10 Å². The Morgan fingerprint density at radius 1 is 1.39 bits per heavy atom. The molecule has 0 saturated heterocycles. The molecule has 0 fully saturated rings. The zero-order chi connectivity index (χ0) is 12.7. The molecule has 0 saturated carbocycles. The normalized spacial score (nSPS) is 10.9. The van der Waals surface area contributed by atoms with Gasteiger partial charge in [0, 0.05) is 5.39 Å². The number of furan rings is 1. The number of H-pyrrole nitrogens is 1. The van der Waals surface area contributed by atoms with Gasteiger partial charge in [0.1, 0.15) is 17.1 Å². The molecule has 3 rings (SSSR count). The molecule has 0 atom stereocenters. The molecule has 0 spiro atoms. The smallest absolute Gasteiger partial charge is 0.353 e. The molecule has 18 heavy (non-hydrogen) atoms. The summed E-state index contributed by atoms with van der Waals surface area (Å²) in [5.74, 6) is -1.67. The number of hydrogen-bond donors (Lipinski definition) is 2. The topological polar surface area (TPSA) is 79.1 Å². The Morgan fingerprint density at radius 2 is 2.22 bits per heavy atom. The van der Waals surface area contributed by atoms with Crippen molar-refractivity contribution in [3.8, 4) is 11.3 Å². The van der Waals surface area contributed by atoms with Crippen molar-refractivity contribution in [2.75, 3.05) is 0 Å². The molecule has 0 unspecified atom stereocenters. The van der Waals surface area contributed by atoms with Crippen LogP contribution in [0.25, 0.3) is 22.2 Å². The van der Waals surface area contributed by atoms with Crippen LogP contribution in [0.5, 0.6) is 0 Å². The van der Waals surface area contributed by atoms with Gasteiger partial charge in [-0.05, 0) is 24.3 Å². The number of fused-ring (bicyclic) bond motifs is 1. The van der Waals surface area contributed by atoms with Gasteiger partial charge in [0.05, 0.1) is 17.5 Å². The molecule has 2 aromatic heterocycles. The highest BCUT2D eigenvalue weighted by Gasteiger charge is 2.17. The van der Waals surface area contributed by atoms with Gasteiger partial charge < -0.3 is 9.52 Å². The number of carbonyl (C=O) groups is 1. The van der Waals surface area contributed by atoms with E-state index in [1.54, 1.807) is 12.1 Å². The van der Waals surface area contributed by atoms with Crippen LogP contribution in [-0.4, -0.2) is 21.3 Å². The van der Waals surface area contributed by atoms with E-state index < -0.39 is 11.8 Å². The Kier molecular flexibility index (Phi) is 2.16. The first-order chi connectivity index (χ1) is 8.66. The number of hydrogen-bond acceptors (Lipinski definition) is 3. The zero-order valence-electron chi connectivity index (χ0n) is 8.98. The van der Waals surface area contributed by atoms with Crippen LogP contribution in [0.2, 0.25) is 0 Å². The van der Waals surface area contributed by atoms with E-state index in [0.717, 1.165) is 5.39 Å². The minimum Gasteiger partial charge on any atom is -0.477 e. The molecular weight excluding hydrogens is 239 g/mol. The minimum atomic E-state index is -1.15. The van der Waals surface area contributed by atoms with Crippen LogP contribution in [0, 0.1) is 5.82 Å². The average molecular weight is 246 g/mol. The Morgan fingerprint density at radius 3 is 2.94 bits per heavy atom. The van der Waals surface area contributed by atoms with E-state index in [0.29, 0.717) is 5.58 Å². The summed E-state index contributed by atoms with van der Waals surface area (Å²) >= 11 is 0. The summed E-state index contributed by atoms with van der Waals surface area (Å²) in [5, 5.41) is 15.6. The lowest BCUT2D eigenvalue weighted by Crippen LogP contribution is -1.95. The summed E-state index contributed by atoms with van der Waals surface area (Å²) < 4.78 is 19.0. The van der Waals surface area contributed by atoms with Crippen molar-refractivity contribution in [3.63, 3.8) is 0 Å². The van der Waals surface area contributed by atoms with Gasteiger partial charge in [0.25, 0.3) is 0 Å². The van der Waals surface area contributed by atoms with Gasteiger partial charge >= 0.3 is 5.97 Å². The first-order valence-electron chi connectivity index (χ1n) is 5.11. The highest BCUT2D eigenvalue weighted by molar-refractivity contribution is 5.93. The standard InChI is InChI=1S/C12H7FN2O3/c13-7-2-1-6-3-4-18-11(6)10(7)8-5-9(12(16)17)15-14-8/h1-5H,(H,14,15)(H,16,17). The fourth-order valence-corrected chi connectivity index (χ4v) is 1.81. The van der Waals surface area contributed by atoms with Crippen LogP contribution >= 0.6 is 0 Å². The zero-order valence-corrected chi connectivity index (χ0v) is 8.98. The predicted octanol–water partition coefficient (Wildman–Crippen LogP) is 2.66. The number of aromatic amines is 1. The number of carboxylic acids is 1. The Hall–Kier alpha value is -2.63. The second kappa shape index (κ2) is 3.69. The van der Waals surface area contributed by atoms with Crippen molar-refractivity contribution >= 4 is 16.9 Å². The molecule has 5 nitrogen and oxygen atoms in total. The van der Waals surface area contributed by atoms with E-state index in [1.165, 1.54) is 18.4 Å². The lowest BCUT2D eigenvalue weighted by Gasteiger charge is -1.99. The first-order valence-corrected chi connectivity index (χ1v) is 5.11. The average Bonchev–Trinajstić information content (AvgIpc) is 2.95. The van der Waals surface area contributed by atoms with E-state index in [9.17, 15) is 9.18 Å². The second-order valence-corrected chi connectivity index (χ2v) is 3.73. The molecule has 0 aliphatic heterocycles. The number of halogens is 1. The molecule has 6 heteroatoms. The number of nitrogens with zero attached hydrogens (tertiary/aromatic N) is 1. The maximum Gasteiger partial charge on any atom is 0.353 e. The number of nitrogens with one attached hydrogen (secondary N) is 1. The quantitative estimate of drug-likeness (QED) is 0.728. The van der Waals surface area contributed by atoms with E-state index in [-0.39, 0.29) is 17.0 Å². The van der Waals surface area contributed by atoms with Gasteiger partial charge in [-0.1, -0.05) is 0 Å². The molecule has 3 aromatic rings. The number of aromatic nitrogens is 2. The van der Waals surface area contributed by atoms with Crippen LogP contribution < -0.4 is 0 Å². The SMILES string of the molecule is O=C(O)c1cc(-c2c(F)ccc3ccoc23)n[nH]1. The third-order valence-corrected chi connectivity index (χ3v) is 2.64. The third kappa shape index (κ3) is 1.46. The fraction of sp³-hybridized carbons (Fsp3) is 0. The monoisotopic (exact) mass is 246 g/mol. The Balaban J connectivity index is 2.26. The highest BCUT2D eigenvalue weighted by atomic mass is 19.1. The molecule has 0 aliphatic rings. The molecule has 90 valence electrons. The Bertz CT molecular complexity index is 745. The largest absolute Gasteiger partial charge is 0.477 e. The molecular formula is C12H7FN2O3. The number of carboxylic acid groups (broad SMARTS) is 1. The first kappa shape index (κ1) is 10.5. The van der Waals surface area contributed by atoms with Gasteiger partial charge in [-0.15, -0.1) is 0 Å². The predicted molar refractivity (Wildman–Crippen MR) is 60.7 cm³/mol. The fourth-order valence-electron chi connectivity index (χ4n) is 1.81. The van der Waals surface area contributed by atoms with Crippen molar-refractivity contribution in [2.24, 2.45) is 0 Å². The summed E-state index contributed by atoms with van der Waals surface area (Å²) in [6.07, 6.45) is 1.44. The molecule has 0 amide bonds. The van der Waals surface area contributed by atoms with Crippen LogP contribution in [-0.2, 0) is 0 Å². The van der Waals surface area contributed by atoms with Gasteiger partial charge in [-0.3, -0.25) is 5.10 Å². The van der Waals surface area contributed by atoms with E-state index >= 15 is 0 Å². The summed E-state index contributed by atoms with van der Waals surface area (Å²) in [4.78, 5) is 10.8. The minimum absolute atomic E-state index is 0.104. The summed E-state index contributed by atoms with van der Waals surface area (Å²) in [5.41, 5.74) is 0.595. The molecule has 0 bridgehead atoms. The molecule has 0 aliphatic carbocycles. The maximum absolute atomic E-state index is 13.8. The summed E-state index contributed by atoms with van der Waals surface area (Å²) in [6, 6.07) is 5.84. The number of aromatic carboxylic acids is 1. The lowest BCUT2D eigenvalue weighted by molar-refractivity contribution is 0.0690. The van der Waals surface area contributed by atoms with Crippen LogP contribution in [0.4, 0.5) is 4.39 Å². The van der Waals surface area contributed by atoms with E-state index in [1.807, 2.05) is 0 Å². The van der Waals surface area contributed by atoms with Crippen molar-refractivity contribution in [1.29, 1.82) is 0 Å². The lowest BCUT2D eigenvalue weighted by atomic mass is 10.1. The summed E-state index contributed by atoms with van der Waals surface area (Å²) in [6.45, 7) is 0. The molecule has 2 N–H and O–H groups in total. The van der Waals surface area contributed by atoms with Crippen molar-refractivity contribution in [3.05, 3.63) is 42.0 Å². The van der Waals surface area contributed by atoms with Gasteiger partial charge in [-0.25, -0.2) is 9.18 Å². The number of rotatable bonds is 2. The van der Waals surface area contributed by atoms with Crippen molar-refractivity contribution in [2.45, 2.75) is 0 Å². The highest BCUT2D eigenvalue weighted by Crippen LogP contribution is 2.31. The van der Waals surface area contributed by atoms with Gasteiger partial charge in [0.2, 0.25) is 0 Å². The van der Waals surface area contributed by atoms with Crippen molar-refractivity contribution in [1.82, 2.24) is 10.2 Å². The van der Waals surface area contributed by atoms with Crippen molar-refractivity contribution < 1.29 is 18.7 Å². The van der Waals surface area contributed by atoms with E-state index in [2.05, 4.69) is 10.2 Å². The van der Waals surface area contributed by atoms with Crippen LogP contribution in [0.15, 0.2) is 34.9 Å². The third-order valence-electron chi connectivity index (χ3n) is 2.64. The second-order valence-electron chi connectivity index (χ2n) is 3.73. The van der Waals surface area contributed by atoms with Crippen LogP contribution in [0.1, 0.15) is 10.5 Å². The number of benzene rings is 1. The Labute approximate surface area is 99.8 Å². The van der Waals surface area contributed by atoms with Crippen LogP contribution in [0.3, 0.4) is 0 Å². The van der Waals surface area contributed by atoms with Gasteiger partial charge in [0.15, 0.2) is 0 Å². The maximum atomic E-state index is 13.8.